The van der Waals surface area contributed by atoms with Gasteiger partial charge in [0.15, 0.2) is 10.0 Å². The lowest BCUT2D eigenvalue weighted by Gasteiger charge is -2.22. The fraction of sp³-hybridized carbons (Fsp3) is 0.231. The zero-order valence-corrected chi connectivity index (χ0v) is 13.3. The van der Waals surface area contributed by atoms with E-state index >= 15 is 0 Å². The van der Waals surface area contributed by atoms with E-state index in [-0.39, 0.29) is 6.10 Å². The second kappa shape index (κ2) is 5.41. The lowest BCUT2D eigenvalue weighted by atomic mass is 10.0. The van der Waals surface area contributed by atoms with Gasteiger partial charge in [0.1, 0.15) is 16.1 Å². The number of halogens is 3. The highest BCUT2D eigenvalue weighted by Crippen LogP contribution is 2.39. The number of hydrogen-bond acceptors (Lipinski definition) is 5. The highest BCUT2D eigenvalue weighted by atomic mass is 32.3. The summed E-state index contributed by atoms with van der Waals surface area (Å²) < 4.78 is 90.5. The summed E-state index contributed by atoms with van der Waals surface area (Å²) in [6.07, 6.45) is -0.385. The summed E-state index contributed by atoms with van der Waals surface area (Å²) in [4.78, 5) is -0.639. The van der Waals surface area contributed by atoms with E-state index in [1.807, 2.05) is 0 Å². The van der Waals surface area contributed by atoms with Gasteiger partial charge in [0, 0.05) is 4.90 Å². The molecule has 6 nitrogen and oxygen atoms in total. The maximum Gasteiger partial charge on any atom is 0.480 e. The number of epoxide rings is 1. The predicted octanol–water partition coefficient (Wildman–Crippen LogP) is 2.82. The van der Waals surface area contributed by atoms with Crippen LogP contribution in [0.3, 0.4) is 0 Å². The van der Waals surface area contributed by atoms with Crippen molar-refractivity contribution in [2.24, 2.45) is 0 Å². The maximum absolute atomic E-state index is 12.4. The maximum atomic E-state index is 12.4. The molecule has 0 bridgehead atoms. The van der Waals surface area contributed by atoms with Crippen molar-refractivity contribution in [2.75, 3.05) is 6.61 Å². The van der Waals surface area contributed by atoms with E-state index in [9.17, 15) is 30.0 Å². The Morgan fingerprint density at radius 1 is 1.08 bits per heavy atom. The third-order valence-electron chi connectivity index (χ3n) is 3.33. The number of ether oxygens (including phenoxy) is 1. The Kier molecular flexibility index (Phi) is 3.86. The van der Waals surface area contributed by atoms with Crippen LogP contribution in [0.4, 0.5) is 13.2 Å². The molecule has 2 aromatic carbocycles. The first-order valence-electron chi connectivity index (χ1n) is 6.46. The van der Waals surface area contributed by atoms with E-state index in [2.05, 4.69) is 4.13 Å². The van der Waals surface area contributed by atoms with Crippen molar-refractivity contribution in [3.63, 3.8) is 0 Å². The normalized spacial score (nSPS) is 18.7. The summed E-state index contributed by atoms with van der Waals surface area (Å²) in [6.45, 7) is 0.339. The van der Waals surface area contributed by atoms with Crippen LogP contribution in [0, 0.1) is 0 Å². The molecule has 0 saturated carbocycles. The van der Waals surface area contributed by atoms with Gasteiger partial charge in [-0.25, -0.2) is 16.8 Å². The Bertz CT molecular complexity index is 1010. The molecule has 1 unspecified atom stereocenters. The standard InChI is InChI=1S/C13H9F3NO5S2/c14-13(15,16)24(20,21)17-23(18,19)9-5-8-3-1-2-4-10(8)11(6-9)12-7-22-12/h1-6,12H,7H2/q-1. The van der Waals surface area contributed by atoms with Crippen LogP contribution in [0.1, 0.15) is 11.7 Å². The SMILES string of the molecule is O=S(=O)([N-]S(=O)(=O)C(F)(F)F)c1cc(C2CO2)c2ccccc2c1. The third kappa shape index (κ3) is 3.11. The Morgan fingerprint density at radius 3 is 2.29 bits per heavy atom. The van der Waals surface area contributed by atoms with Gasteiger partial charge < -0.3 is 8.86 Å². The molecule has 1 aliphatic heterocycles. The number of hydrogen-bond donors (Lipinski definition) is 0. The van der Waals surface area contributed by atoms with E-state index < -0.39 is 30.5 Å². The molecule has 0 aliphatic carbocycles. The predicted molar refractivity (Wildman–Crippen MR) is 78.2 cm³/mol. The van der Waals surface area contributed by atoms with Gasteiger partial charge >= 0.3 is 5.51 Å². The van der Waals surface area contributed by atoms with Crippen LogP contribution < -0.4 is 0 Å². The molecule has 1 fully saturated rings. The van der Waals surface area contributed by atoms with Crippen molar-refractivity contribution >= 4 is 30.8 Å². The Labute approximate surface area is 135 Å². The van der Waals surface area contributed by atoms with Crippen LogP contribution in [0.15, 0.2) is 41.3 Å². The topological polar surface area (TPSA) is 94.9 Å². The minimum atomic E-state index is -6.17. The van der Waals surface area contributed by atoms with Crippen molar-refractivity contribution < 1.29 is 34.7 Å². The first-order chi connectivity index (χ1) is 11.0. The molecule has 0 amide bonds. The second-order valence-corrected chi connectivity index (χ2v) is 8.46. The summed E-state index contributed by atoms with van der Waals surface area (Å²) in [5.74, 6) is 0. The lowest BCUT2D eigenvalue weighted by Crippen LogP contribution is -2.24. The van der Waals surface area contributed by atoms with Gasteiger partial charge in [-0.1, -0.05) is 24.3 Å². The van der Waals surface area contributed by atoms with Crippen LogP contribution in [-0.4, -0.2) is 29.0 Å². The molecule has 0 radical (unpaired) electrons. The molecule has 24 heavy (non-hydrogen) atoms. The molecule has 3 rings (SSSR count). The highest BCUT2D eigenvalue weighted by molar-refractivity contribution is 8.12. The van der Waals surface area contributed by atoms with E-state index in [1.54, 1.807) is 24.3 Å². The summed E-state index contributed by atoms with van der Waals surface area (Å²) in [5, 5.41) is 1.08. The molecule has 1 atom stereocenters. The number of nitrogens with zero attached hydrogens (tertiary/aromatic N) is 1. The number of sulfonamides is 2. The summed E-state index contributed by atoms with van der Waals surface area (Å²) in [6, 6.07) is 8.74. The van der Waals surface area contributed by atoms with Crippen molar-refractivity contribution in [3.05, 3.63) is 46.1 Å². The average molecular weight is 380 g/mol. The molecule has 1 heterocycles. The first kappa shape index (κ1) is 17.1. The fourth-order valence-electron chi connectivity index (χ4n) is 2.17. The second-order valence-electron chi connectivity index (χ2n) is 5.03. The summed E-state index contributed by atoms with van der Waals surface area (Å²) >= 11 is 0. The first-order valence-corrected chi connectivity index (χ1v) is 9.34. The van der Waals surface area contributed by atoms with Gasteiger partial charge in [0.2, 0.25) is 0 Å². The van der Waals surface area contributed by atoms with Crippen LogP contribution in [0.2, 0.25) is 0 Å². The van der Waals surface area contributed by atoms with Gasteiger partial charge in [0.25, 0.3) is 0 Å². The van der Waals surface area contributed by atoms with Crippen LogP contribution in [0.25, 0.3) is 14.9 Å². The lowest BCUT2D eigenvalue weighted by molar-refractivity contribution is -0.0425. The molecule has 1 saturated heterocycles. The molecule has 1 aliphatic rings. The molecule has 0 N–H and O–H groups in total. The van der Waals surface area contributed by atoms with E-state index in [4.69, 9.17) is 4.74 Å². The molecular formula is C13H9F3NO5S2-. The monoisotopic (exact) mass is 380 g/mol. The zero-order valence-electron chi connectivity index (χ0n) is 11.7. The van der Waals surface area contributed by atoms with Crippen LogP contribution in [-0.2, 0) is 24.8 Å². The molecule has 0 aromatic heterocycles. The largest absolute Gasteiger partial charge is 0.480 e. The summed E-state index contributed by atoms with van der Waals surface area (Å²) in [7, 11) is -11.2. The average Bonchev–Trinajstić information content (AvgIpc) is 3.28. The van der Waals surface area contributed by atoms with Gasteiger partial charge in [-0.2, -0.15) is 13.2 Å². The van der Waals surface area contributed by atoms with Crippen LogP contribution >= 0.6 is 0 Å². The van der Waals surface area contributed by atoms with E-state index in [1.165, 1.54) is 0 Å². The van der Waals surface area contributed by atoms with Crippen LogP contribution in [0.5, 0.6) is 0 Å². The minimum absolute atomic E-state index is 0.339. The smallest absolute Gasteiger partial charge is 0.424 e. The van der Waals surface area contributed by atoms with Crippen molar-refractivity contribution in [1.29, 1.82) is 0 Å². The Hall–Kier alpha value is -1.69. The molecule has 11 heteroatoms. The van der Waals surface area contributed by atoms with E-state index in [0.717, 1.165) is 12.1 Å². The number of benzene rings is 2. The van der Waals surface area contributed by atoms with Gasteiger partial charge in [-0.15, -0.1) is 0 Å². The van der Waals surface area contributed by atoms with Gasteiger partial charge in [0.05, 0.1) is 6.61 Å². The van der Waals surface area contributed by atoms with E-state index in [0.29, 0.717) is 22.9 Å². The Morgan fingerprint density at radius 2 is 1.71 bits per heavy atom. The quantitative estimate of drug-likeness (QED) is 0.760. The zero-order chi connectivity index (χ0) is 17.8. The fourth-order valence-corrected chi connectivity index (χ4v) is 4.44. The third-order valence-corrected chi connectivity index (χ3v) is 6.32. The van der Waals surface area contributed by atoms with Gasteiger partial charge in [-0.3, -0.25) is 0 Å². The number of fused-ring (bicyclic) bond motifs is 1. The highest BCUT2D eigenvalue weighted by Gasteiger charge is 2.40. The minimum Gasteiger partial charge on any atom is -0.424 e. The molecule has 130 valence electrons. The van der Waals surface area contributed by atoms with Crippen molar-refractivity contribution in [2.45, 2.75) is 16.5 Å². The van der Waals surface area contributed by atoms with Crippen molar-refractivity contribution in [1.82, 2.24) is 0 Å². The van der Waals surface area contributed by atoms with Gasteiger partial charge in [-0.05, 0) is 28.5 Å². The molecular weight excluding hydrogens is 371 g/mol. The number of alkyl halides is 3. The molecule has 2 aromatic rings. The Balaban J connectivity index is 2.12. The summed E-state index contributed by atoms with van der Waals surface area (Å²) in [5.41, 5.74) is -5.34. The van der Waals surface area contributed by atoms with Crippen molar-refractivity contribution in [3.8, 4) is 0 Å². The number of rotatable bonds is 4. The molecule has 0 spiro atoms.